The van der Waals surface area contributed by atoms with Crippen molar-refractivity contribution in [2.75, 3.05) is 26.2 Å². The number of thiophene rings is 1. The van der Waals surface area contributed by atoms with E-state index in [0.717, 1.165) is 6.07 Å². The Morgan fingerprint density at radius 3 is 2.20 bits per heavy atom. The molecule has 0 bridgehead atoms. The van der Waals surface area contributed by atoms with Crippen molar-refractivity contribution in [2.24, 2.45) is 0 Å². The first kappa shape index (κ1) is 23.5. The second-order valence-electron chi connectivity index (χ2n) is 7.85. The molecule has 35 heavy (non-hydrogen) atoms. The molecule has 0 aliphatic carbocycles. The van der Waals surface area contributed by atoms with Crippen molar-refractivity contribution in [3.05, 3.63) is 75.3 Å². The molecule has 5 rings (SSSR count). The lowest BCUT2D eigenvalue weighted by Gasteiger charge is -2.34. The van der Waals surface area contributed by atoms with Crippen LogP contribution < -0.4 is 0 Å². The van der Waals surface area contributed by atoms with Gasteiger partial charge in [0, 0.05) is 31.7 Å². The second-order valence-corrected chi connectivity index (χ2v) is 9.59. The van der Waals surface area contributed by atoms with Crippen LogP contribution in [0.4, 0.5) is 13.2 Å². The molecule has 0 N–H and O–H groups in total. The van der Waals surface area contributed by atoms with E-state index in [-0.39, 0.29) is 40.5 Å². The van der Waals surface area contributed by atoms with E-state index < -0.39 is 17.8 Å². The van der Waals surface area contributed by atoms with Gasteiger partial charge in [0.2, 0.25) is 0 Å². The molecule has 4 heterocycles. The van der Waals surface area contributed by atoms with Gasteiger partial charge in [-0.25, -0.2) is 9.50 Å². The molecule has 0 saturated carbocycles. The number of rotatable bonds is 3. The lowest BCUT2D eigenvalue weighted by Crippen LogP contribution is -2.50. The standard InChI is InChI=1S/C23H17BrF3N5O2S/c24-18-19(22(34)31-10-8-30(9-11-31)21(33)14-5-2-1-3-6-14)29-32-17(23(25,26)27)13-15(28-20(18)32)16-7-4-12-35-16/h1-7,12-13H,8-11H2. The van der Waals surface area contributed by atoms with E-state index in [2.05, 4.69) is 26.0 Å². The van der Waals surface area contributed by atoms with Crippen molar-refractivity contribution in [3.8, 4) is 10.6 Å². The van der Waals surface area contributed by atoms with Crippen molar-refractivity contribution in [1.29, 1.82) is 0 Å². The van der Waals surface area contributed by atoms with Gasteiger partial charge in [0.25, 0.3) is 11.8 Å². The minimum absolute atomic E-state index is 0.0918. The van der Waals surface area contributed by atoms with E-state index in [1.165, 1.54) is 16.2 Å². The zero-order valence-corrected chi connectivity index (χ0v) is 20.4. The Kier molecular flexibility index (Phi) is 6.09. The van der Waals surface area contributed by atoms with Crippen LogP contribution in [-0.4, -0.2) is 62.4 Å². The Morgan fingerprint density at radius 1 is 0.943 bits per heavy atom. The van der Waals surface area contributed by atoms with E-state index in [1.807, 2.05) is 6.07 Å². The van der Waals surface area contributed by atoms with Gasteiger partial charge in [0.15, 0.2) is 17.0 Å². The fourth-order valence-electron chi connectivity index (χ4n) is 3.91. The minimum atomic E-state index is -4.71. The Balaban J connectivity index is 1.43. The number of halogens is 4. The molecule has 1 aromatic carbocycles. The molecule has 1 aliphatic heterocycles. The highest BCUT2D eigenvalue weighted by Crippen LogP contribution is 2.35. The third-order valence-electron chi connectivity index (χ3n) is 5.67. The summed E-state index contributed by atoms with van der Waals surface area (Å²) >= 11 is 4.53. The molecule has 1 aliphatic rings. The van der Waals surface area contributed by atoms with Crippen LogP contribution in [0, 0.1) is 0 Å². The predicted octanol–water partition coefficient (Wildman–Crippen LogP) is 4.84. The number of carbonyl (C=O) groups is 2. The van der Waals surface area contributed by atoms with Crippen LogP contribution in [0.3, 0.4) is 0 Å². The van der Waals surface area contributed by atoms with E-state index in [9.17, 15) is 22.8 Å². The number of hydrogen-bond acceptors (Lipinski definition) is 5. The van der Waals surface area contributed by atoms with Gasteiger partial charge in [0.05, 0.1) is 15.0 Å². The number of piperazine rings is 1. The van der Waals surface area contributed by atoms with Gasteiger partial charge < -0.3 is 9.80 Å². The summed E-state index contributed by atoms with van der Waals surface area (Å²) in [6, 6.07) is 13.2. The lowest BCUT2D eigenvalue weighted by atomic mass is 10.2. The predicted molar refractivity (Wildman–Crippen MR) is 127 cm³/mol. The first-order chi connectivity index (χ1) is 16.7. The number of nitrogens with zero attached hydrogens (tertiary/aromatic N) is 5. The molecule has 0 radical (unpaired) electrons. The van der Waals surface area contributed by atoms with E-state index in [0.29, 0.717) is 28.0 Å². The highest BCUT2D eigenvalue weighted by atomic mass is 79.9. The maximum absolute atomic E-state index is 13.9. The molecule has 0 atom stereocenters. The molecule has 2 amide bonds. The molecule has 1 saturated heterocycles. The number of alkyl halides is 3. The highest BCUT2D eigenvalue weighted by Gasteiger charge is 2.37. The molecular formula is C23H17BrF3N5O2S. The van der Waals surface area contributed by atoms with Crippen molar-refractivity contribution < 1.29 is 22.8 Å². The molecule has 3 aromatic heterocycles. The zero-order valence-electron chi connectivity index (χ0n) is 18.0. The summed E-state index contributed by atoms with van der Waals surface area (Å²) in [5.74, 6) is -0.660. The molecule has 4 aromatic rings. The molecule has 0 unspecified atom stereocenters. The summed E-state index contributed by atoms with van der Waals surface area (Å²) in [6.07, 6.45) is -4.71. The van der Waals surface area contributed by atoms with Crippen LogP contribution in [0.2, 0.25) is 0 Å². The first-order valence-electron chi connectivity index (χ1n) is 10.6. The van der Waals surface area contributed by atoms with Crippen LogP contribution >= 0.6 is 27.3 Å². The second kappa shape index (κ2) is 9.08. The fourth-order valence-corrected chi connectivity index (χ4v) is 5.10. The largest absolute Gasteiger partial charge is 0.433 e. The Morgan fingerprint density at radius 2 is 1.60 bits per heavy atom. The van der Waals surface area contributed by atoms with Crippen LogP contribution in [0.5, 0.6) is 0 Å². The molecule has 12 heteroatoms. The smallest absolute Gasteiger partial charge is 0.335 e. The topological polar surface area (TPSA) is 70.8 Å². The summed E-state index contributed by atoms with van der Waals surface area (Å²) in [5.41, 5.74) is -0.572. The number of benzene rings is 1. The molecule has 0 spiro atoms. The molecular weight excluding hydrogens is 547 g/mol. The summed E-state index contributed by atoms with van der Waals surface area (Å²) in [5, 5.41) is 5.74. The Labute approximate surface area is 209 Å². The average Bonchev–Trinajstić information content (AvgIpc) is 3.51. The van der Waals surface area contributed by atoms with Crippen molar-refractivity contribution in [3.63, 3.8) is 0 Å². The van der Waals surface area contributed by atoms with E-state index in [1.54, 1.807) is 46.7 Å². The number of hydrogen-bond donors (Lipinski definition) is 0. The third kappa shape index (κ3) is 4.43. The van der Waals surface area contributed by atoms with Gasteiger partial charge in [-0.15, -0.1) is 11.3 Å². The number of aromatic nitrogens is 3. The maximum Gasteiger partial charge on any atom is 0.433 e. The van der Waals surface area contributed by atoms with Gasteiger partial charge in [-0.2, -0.15) is 18.3 Å². The Hall–Kier alpha value is -3.25. The highest BCUT2D eigenvalue weighted by molar-refractivity contribution is 9.10. The monoisotopic (exact) mass is 563 g/mol. The molecule has 180 valence electrons. The van der Waals surface area contributed by atoms with Gasteiger partial charge in [-0.3, -0.25) is 9.59 Å². The molecule has 1 fully saturated rings. The van der Waals surface area contributed by atoms with Gasteiger partial charge in [-0.05, 0) is 45.6 Å². The van der Waals surface area contributed by atoms with Crippen molar-refractivity contribution in [2.45, 2.75) is 6.18 Å². The average molecular weight is 564 g/mol. The van der Waals surface area contributed by atoms with Crippen LogP contribution in [0.25, 0.3) is 16.2 Å². The normalized spacial score (nSPS) is 14.5. The van der Waals surface area contributed by atoms with Crippen LogP contribution in [0.1, 0.15) is 26.5 Å². The minimum Gasteiger partial charge on any atom is -0.335 e. The quantitative estimate of drug-likeness (QED) is 0.357. The fraction of sp³-hybridized carbons (Fsp3) is 0.217. The Bertz CT molecular complexity index is 1400. The summed E-state index contributed by atoms with van der Waals surface area (Å²) in [4.78, 5) is 33.9. The summed E-state index contributed by atoms with van der Waals surface area (Å²) in [7, 11) is 0. The van der Waals surface area contributed by atoms with Crippen LogP contribution in [0.15, 0.2) is 58.4 Å². The maximum atomic E-state index is 13.9. The molecule has 7 nitrogen and oxygen atoms in total. The van der Waals surface area contributed by atoms with Gasteiger partial charge in [-0.1, -0.05) is 24.3 Å². The lowest BCUT2D eigenvalue weighted by molar-refractivity contribution is -0.142. The number of fused-ring (bicyclic) bond motifs is 1. The summed E-state index contributed by atoms with van der Waals surface area (Å²) in [6.45, 7) is 1.08. The SMILES string of the molecule is O=C(c1ccccc1)N1CCN(C(=O)c2nn3c(C(F)(F)F)cc(-c4cccs4)nc3c2Br)CC1. The van der Waals surface area contributed by atoms with Gasteiger partial charge in [0.1, 0.15) is 0 Å². The van der Waals surface area contributed by atoms with Crippen LogP contribution in [-0.2, 0) is 6.18 Å². The van der Waals surface area contributed by atoms with Crippen molar-refractivity contribution >= 4 is 44.7 Å². The first-order valence-corrected chi connectivity index (χ1v) is 12.3. The number of amides is 2. The van der Waals surface area contributed by atoms with E-state index >= 15 is 0 Å². The van der Waals surface area contributed by atoms with Gasteiger partial charge >= 0.3 is 6.18 Å². The zero-order chi connectivity index (χ0) is 24.7. The number of carbonyl (C=O) groups excluding carboxylic acids is 2. The van der Waals surface area contributed by atoms with Crippen molar-refractivity contribution in [1.82, 2.24) is 24.4 Å². The third-order valence-corrected chi connectivity index (χ3v) is 7.30. The van der Waals surface area contributed by atoms with E-state index in [4.69, 9.17) is 0 Å². The summed E-state index contributed by atoms with van der Waals surface area (Å²) < 4.78 is 42.3.